The number of aromatic nitrogens is 1. The van der Waals surface area contributed by atoms with Gasteiger partial charge in [-0.1, -0.05) is 6.07 Å². The molecule has 60 valence electrons. The predicted octanol–water partition coefficient (Wildman–Crippen LogP) is -0.185. The van der Waals surface area contributed by atoms with Crippen molar-refractivity contribution >= 4 is 0 Å². The molecular formula is C8H12N2O. The zero-order valence-corrected chi connectivity index (χ0v) is 6.36. The van der Waals surface area contributed by atoms with Gasteiger partial charge in [0.1, 0.15) is 6.61 Å². The lowest BCUT2D eigenvalue weighted by Gasteiger charge is -2.03. The summed E-state index contributed by atoms with van der Waals surface area (Å²) in [6, 6.07) is 5.60. The van der Waals surface area contributed by atoms with Crippen LogP contribution in [0.2, 0.25) is 0 Å². The number of ether oxygens (including phenoxy) is 1. The first-order valence-corrected chi connectivity index (χ1v) is 3.58. The highest BCUT2D eigenvalue weighted by molar-refractivity contribution is 5.08. The van der Waals surface area contributed by atoms with Gasteiger partial charge in [-0.05, 0) is 6.07 Å². The van der Waals surface area contributed by atoms with Gasteiger partial charge in [0.2, 0.25) is 5.88 Å². The topological polar surface area (TPSA) is 38.7 Å². The van der Waals surface area contributed by atoms with E-state index in [0.29, 0.717) is 12.5 Å². The quantitative estimate of drug-likeness (QED) is 0.480. The van der Waals surface area contributed by atoms with Crippen molar-refractivity contribution in [2.45, 2.75) is 0 Å². The van der Waals surface area contributed by atoms with Crippen molar-refractivity contribution in [3.8, 4) is 5.88 Å². The molecule has 0 unspecified atom stereocenters. The van der Waals surface area contributed by atoms with Crippen molar-refractivity contribution in [1.29, 1.82) is 0 Å². The summed E-state index contributed by atoms with van der Waals surface area (Å²) in [5.41, 5.74) is 0. The number of rotatable bonds is 4. The van der Waals surface area contributed by atoms with Crippen LogP contribution in [0.3, 0.4) is 0 Å². The molecule has 1 aromatic heterocycles. The molecule has 0 atom stereocenters. The lowest BCUT2D eigenvalue weighted by molar-refractivity contribution is -0.596. The fourth-order valence-electron chi connectivity index (χ4n) is 0.679. The van der Waals surface area contributed by atoms with E-state index in [1.54, 1.807) is 6.20 Å². The van der Waals surface area contributed by atoms with Crippen LogP contribution in [0.25, 0.3) is 0 Å². The molecule has 0 aliphatic heterocycles. The Bertz CT molecular complexity index is 189. The molecule has 0 radical (unpaired) electrons. The van der Waals surface area contributed by atoms with Crippen LogP contribution < -0.4 is 10.1 Å². The second-order valence-electron chi connectivity index (χ2n) is 2.09. The third kappa shape index (κ3) is 3.00. The zero-order chi connectivity index (χ0) is 7.94. The summed E-state index contributed by atoms with van der Waals surface area (Å²) >= 11 is 0. The number of pyridine rings is 1. The molecule has 0 bridgehead atoms. The molecule has 0 amide bonds. The Kier molecular flexibility index (Phi) is 3.41. The summed E-state index contributed by atoms with van der Waals surface area (Å²) in [6.45, 7) is 1.51. The van der Waals surface area contributed by atoms with Crippen LogP contribution in [-0.2, 0) is 0 Å². The summed E-state index contributed by atoms with van der Waals surface area (Å²) in [5.74, 6) is 0.675. The van der Waals surface area contributed by atoms with Crippen LogP contribution in [0.4, 0.5) is 0 Å². The van der Waals surface area contributed by atoms with E-state index < -0.39 is 0 Å². The molecule has 0 spiro atoms. The van der Waals surface area contributed by atoms with E-state index >= 15 is 0 Å². The highest BCUT2D eigenvalue weighted by Crippen LogP contribution is 2.01. The van der Waals surface area contributed by atoms with Crippen molar-refractivity contribution in [1.82, 2.24) is 4.98 Å². The van der Waals surface area contributed by atoms with Gasteiger partial charge in [-0.15, -0.1) is 0 Å². The van der Waals surface area contributed by atoms with Crippen molar-refractivity contribution < 1.29 is 10.1 Å². The Morgan fingerprint density at radius 1 is 1.55 bits per heavy atom. The number of nitrogens with two attached hydrogens (primary N) is 1. The lowest BCUT2D eigenvalue weighted by Crippen LogP contribution is -2.78. The van der Waals surface area contributed by atoms with Gasteiger partial charge in [0.15, 0.2) is 0 Å². The molecule has 0 saturated carbocycles. The average molecular weight is 152 g/mol. The van der Waals surface area contributed by atoms with E-state index in [9.17, 15) is 0 Å². The van der Waals surface area contributed by atoms with Crippen LogP contribution in [0.5, 0.6) is 5.88 Å². The minimum atomic E-state index is 0.653. The van der Waals surface area contributed by atoms with Gasteiger partial charge in [0.05, 0.1) is 6.54 Å². The van der Waals surface area contributed by atoms with Crippen molar-refractivity contribution in [3.05, 3.63) is 31.4 Å². The van der Waals surface area contributed by atoms with E-state index in [4.69, 9.17) is 4.74 Å². The summed E-state index contributed by atoms with van der Waals surface area (Å²) in [7, 11) is 3.59. The van der Waals surface area contributed by atoms with Crippen LogP contribution in [0.15, 0.2) is 24.4 Å². The van der Waals surface area contributed by atoms with E-state index in [1.807, 2.05) is 23.5 Å². The molecule has 0 aliphatic rings. The summed E-state index contributed by atoms with van der Waals surface area (Å²) in [6.07, 6.45) is 1.71. The molecule has 0 aliphatic carbocycles. The normalized spacial score (nSPS) is 9.55. The summed E-state index contributed by atoms with van der Waals surface area (Å²) in [5, 5.41) is 1.82. The third-order valence-corrected chi connectivity index (χ3v) is 1.21. The maximum absolute atomic E-state index is 5.26. The first-order valence-electron chi connectivity index (χ1n) is 3.58. The van der Waals surface area contributed by atoms with E-state index in [2.05, 4.69) is 12.0 Å². The Morgan fingerprint density at radius 2 is 2.45 bits per heavy atom. The molecule has 3 heteroatoms. The molecular weight excluding hydrogens is 140 g/mol. The van der Waals surface area contributed by atoms with E-state index in [0.717, 1.165) is 6.54 Å². The van der Waals surface area contributed by atoms with Crippen LogP contribution in [0.1, 0.15) is 0 Å². The Labute approximate surface area is 66.4 Å². The van der Waals surface area contributed by atoms with Gasteiger partial charge in [0.25, 0.3) is 0 Å². The Hall–Kier alpha value is -1.09. The fraction of sp³-hybridized carbons (Fsp3) is 0.250. The van der Waals surface area contributed by atoms with Crippen LogP contribution >= 0.6 is 0 Å². The SMILES string of the molecule is [CH2-][NH2+]CCOc1ccccn1. The Balaban J connectivity index is 2.28. The molecule has 1 heterocycles. The molecule has 0 fully saturated rings. The van der Waals surface area contributed by atoms with E-state index in [-0.39, 0.29) is 0 Å². The fourth-order valence-corrected chi connectivity index (χ4v) is 0.679. The van der Waals surface area contributed by atoms with Crippen LogP contribution in [0, 0.1) is 7.05 Å². The molecule has 0 saturated heterocycles. The molecule has 11 heavy (non-hydrogen) atoms. The van der Waals surface area contributed by atoms with Crippen molar-refractivity contribution in [2.75, 3.05) is 13.2 Å². The van der Waals surface area contributed by atoms with Gasteiger partial charge in [0, 0.05) is 12.3 Å². The molecule has 1 aromatic rings. The first-order chi connectivity index (χ1) is 5.43. The predicted molar refractivity (Wildman–Crippen MR) is 41.9 cm³/mol. The van der Waals surface area contributed by atoms with Crippen molar-refractivity contribution in [2.24, 2.45) is 0 Å². The van der Waals surface area contributed by atoms with Gasteiger partial charge >= 0.3 is 0 Å². The minimum absolute atomic E-state index is 0.653. The molecule has 2 N–H and O–H groups in total. The van der Waals surface area contributed by atoms with Gasteiger partial charge in [-0.2, -0.15) is 7.05 Å². The van der Waals surface area contributed by atoms with Crippen LogP contribution in [-0.4, -0.2) is 18.1 Å². The molecule has 0 aromatic carbocycles. The smallest absolute Gasteiger partial charge is 0.213 e. The largest absolute Gasteiger partial charge is 0.476 e. The third-order valence-electron chi connectivity index (χ3n) is 1.21. The number of nitrogens with zero attached hydrogens (tertiary/aromatic N) is 1. The highest BCUT2D eigenvalue weighted by Gasteiger charge is 1.90. The second-order valence-corrected chi connectivity index (χ2v) is 2.09. The monoisotopic (exact) mass is 152 g/mol. The average Bonchev–Trinajstić information content (AvgIpc) is 2.07. The maximum atomic E-state index is 5.26. The lowest BCUT2D eigenvalue weighted by atomic mass is 10.5. The molecule has 1 rings (SSSR count). The van der Waals surface area contributed by atoms with Gasteiger partial charge < -0.3 is 10.1 Å². The second kappa shape index (κ2) is 4.68. The van der Waals surface area contributed by atoms with Crippen molar-refractivity contribution in [3.63, 3.8) is 0 Å². The number of quaternary nitrogens is 1. The summed E-state index contributed by atoms with van der Waals surface area (Å²) in [4.78, 5) is 3.99. The Morgan fingerprint density at radius 3 is 3.09 bits per heavy atom. The number of hydrogen-bond donors (Lipinski definition) is 1. The molecule has 3 nitrogen and oxygen atoms in total. The minimum Gasteiger partial charge on any atom is -0.476 e. The maximum Gasteiger partial charge on any atom is 0.213 e. The first kappa shape index (κ1) is 8.01. The van der Waals surface area contributed by atoms with Gasteiger partial charge in [-0.25, -0.2) is 4.98 Å². The highest BCUT2D eigenvalue weighted by atomic mass is 16.5. The summed E-state index contributed by atoms with van der Waals surface area (Å²) < 4.78 is 5.26. The standard InChI is InChI=1S/C8H12N2O/c1-9-6-7-11-8-4-2-3-5-10-8/h2-5H,1,6-7,9H2. The van der Waals surface area contributed by atoms with E-state index in [1.165, 1.54) is 0 Å². The number of hydrogen-bond acceptors (Lipinski definition) is 2. The van der Waals surface area contributed by atoms with Gasteiger partial charge in [-0.3, -0.25) is 0 Å². The zero-order valence-electron chi connectivity index (χ0n) is 6.36.